The first-order chi connectivity index (χ1) is 15.2. The molecule has 3 heterocycles. The first kappa shape index (κ1) is 22.1. The first-order valence-electron chi connectivity index (χ1n) is 9.88. The molecule has 0 saturated carbocycles. The van der Waals surface area contributed by atoms with Crippen LogP contribution in [0.25, 0.3) is 0 Å². The summed E-state index contributed by atoms with van der Waals surface area (Å²) in [5, 5.41) is 28.1. The number of aryl methyl sites for hydroxylation is 1. The van der Waals surface area contributed by atoms with E-state index in [2.05, 4.69) is 24.9 Å². The van der Waals surface area contributed by atoms with E-state index < -0.39 is 6.10 Å². The van der Waals surface area contributed by atoms with Gasteiger partial charge in [-0.3, -0.25) is 0 Å². The number of nitrogens with zero attached hydrogens (tertiary/aromatic N) is 4. The Bertz CT molecular complexity index is 1090. The summed E-state index contributed by atoms with van der Waals surface area (Å²) in [7, 11) is 0. The van der Waals surface area contributed by atoms with Gasteiger partial charge in [0.1, 0.15) is 0 Å². The van der Waals surface area contributed by atoms with E-state index in [1.165, 1.54) is 22.9 Å². The zero-order valence-electron chi connectivity index (χ0n) is 16.6. The van der Waals surface area contributed by atoms with Crippen molar-refractivity contribution in [1.82, 2.24) is 19.9 Å². The average Bonchev–Trinajstić information content (AvgIpc) is 3.27. The molecule has 4 N–H and O–H groups in total. The van der Waals surface area contributed by atoms with Gasteiger partial charge in [-0.2, -0.15) is 0 Å². The summed E-state index contributed by atoms with van der Waals surface area (Å²) in [6, 6.07) is 1.88. The minimum absolute atomic E-state index is 0.0699. The molecule has 2 atom stereocenters. The van der Waals surface area contributed by atoms with Crippen molar-refractivity contribution in [3.63, 3.8) is 0 Å². The Morgan fingerprint density at radius 2 is 2.26 bits per heavy atom. The Morgan fingerprint density at radius 1 is 1.35 bits per heavy atom. The number of pyridine rings is 1. The van der Waals surface area contributed by atoms with Crippen LogP contribution in [0.2, 0.25) is 0 Å². The summed E-state index contributed by atoms with van der Waals surface area (Å²) in [5.74, 6) is 1.48. The molecule has 0 aromatic carbocycles. The molecular formula is C19H22BN5O4S2. The van der Waals surface area contributed by atoms with Crippen molar-refractivity contribution in [2.45, 2.75) is 36.4 Å². The number of aromatic amines is 1. The molecule has 1 aliphatic carbocycles. The summed E-state index contributed by atoms with van der Waals surface area (Å²) in [6.45, 7) is -0.306. The van der Waals surface area contributed by atoms with Crippen molar-refractivity contribution in [3.8, 4) is 5.75 Å². The van der Waals surface area contributed by atoms with E-state index in [4.69, 9.17) is 14.9 Å². The van der Waals surface area contributed by atoms with Gasteiger partial charge in [-0.15, -0.1) is 0 Å². The molecule has 12 heteroatoms. The van der Waals surface area contributed by atoms with Crippen LogP contribution >= 0.6 is 22.9 Å². The normalized spacial score (nSPS) is 17.3. The van der Waals surface area contributed by atoms with Gasteiger partial charge in [-0.1, -0.05) is 0 Å². The van der Waals surface area contributed by atoms with Crippen LogP contribution in [-0.2, 0) is 6.42 Å². The van der Waals surface area contributed by atoms with Crippen LogP contribution in [0, 0.1) is 0 Å². The Labute approximate surface area is 187 Å². The third-order valence-electron chi connectivity index (χ3n) is 4.78. The minimum atomic E-state index is -0.986. The van der Waals surface area contributed by atoms with E-state index in [1.54, 1.807) is 24.9 Å². The number of fused-ring (bicyclic) bond motifs is 1. The van der Waals surface area contributed by atoms with Gasteiger partial charge >= 0.3 is 187 Å². The van der Waals surface area contributed by atoms with Gasteiger partial charge in [-0.05, 0) is 0 Å². The number of nitrogens with one attached hydrogen (secondary N) is 1. The van der Waals surface area contributed by atoms with Crippen LogP contribution in [0.3, 0.4) is 0 Å². The quantitative estimate of drug-likeness (QED) is 0.371. The zero-order chi connectivity index (χ0) is 21.6. The van der Waals surface area contributed by atoms with Crippen molar-refractivity contribution in [2.24, 2.45) is 4.99 Å². The van der Waals surface area contributed by atoms with E-state index >= 15 is 0 Å². The van der Waals surface area contributed by atoms with Crippen molar-refractivity contribution in [2.75, 3.05) is 19.0 Å². The second kappa shape index (κ2) is 10.5. The molecule has 1 aliphatic rings. The predicted octanol–water partition coefficient (Wildman–Crippen LogP) is 1.40. The number of thioether (sulfide) groups is 1. The maximum absolute atomic E-state index is 9.80. The van der Waals surface area contributed by atoms with E-state index in [1.807, 2.05) is 6.07 Å². The zero-order valence-corrected chi connectivity index (χ0v) is 18.3. The number of hydrogen-bond donors (Lipinski definition) is 4. The topological polar surface area (TPSA) is 137 Å². The monoisotopic (exact) mass is 459 g/mol. The van der Waals surface area contributed by atoms with Crippen LogP contribution in [0.15, 0.2) is 34.7 Å². The number of H-pyrrole nitrogens is 1. The van der Waals surface area contributed by atoms with Crippen LogP contribution < -0.4 is 9.54 Å². The van der Waals surface area contributed by atoms with Gasteiger partial charge in [0, 0.05) is 0 Å². The Kier molecular flexibility index (Phi) is 7.46. The summed E-state index contributed by atoms with van der Waals surface area (Å²) >= 11 is 2.79. The van der Waals surface area contributed by atoms with Crippen molar-refractivity contribution < 1.29 is 20.1 Å². The molecule has 0 bridgehead atoms. The SMILES string of the molecule is OCCSc1cnc(/N=c2/[nH]c(C(O)CO)bs2)c(OC2CCCc3ncncc32)c1. The van der Waals surface area contributed by atoms with Crippen molar-refractivity contribution in [3.05, 3.63) is 46.4 Å². The number of rotatable bonds is 8. The summed E-state index contributed by atoms with van der Waals surface area (Å²) < 4.78 is 6.37. The first-order valence-corrected chi connectivity index (χ1v) is 11.7. The number of ether oxygens (including phenoxy) is 1. The third kappa shape index (κ3) is 5.39. The second-order valence-corrected chi connectivity index (χ2v) is 8.95. The molecular weight excluding hydrogens is 437 g/mol. The molecule has 162 valence electrons. The maximum atomic E-state index is 9.80. The van der Waals surface area contributed by atoms with Gasteiger partial charge in [0.2, 0.25) is 0 Å². The van der Waals surface area contributed by atoms with Crippen LogP contribution in [-0.4, -0.2) is 60.4 Å². The van der Waals surface area contributed by atoms with Gasteiger partial charge in [0.25, 0.3) is 0 Å². The van der Waals surface area contributed by atoms with E-state index in [0.29, 0.717) is 27.7 Å². The molecule has 4 rings (SSSR count). The molecule has 0 amide bonds. The number of aromatic nitrogens is 4. The van der Waals surface area contributed by atoms with Crippen LogP contribution in [0.5, 0.6) is 5.75 Å². The summed E-state index contributed by atoms with van der Waals surface area (Å²) in [4.78, 5) is 22.0. The fraction of sp³-hybridized carbons (Fsp3) is 0.421. The standard InChI is InChI=1S/C19H22BN5O4S2/c26-4-5-30-11-6-16(29-15-3-1-2-13-12(15)8-21-10-23-13)18(22-7-11)25-19-24-17(20-31-19)14(28)9-27/h6-8,10,14-15,26-28H,1-5,9H2,(H,22,24,25). The van der Waals surface area contributed by atoms with Gasteiger partial charge in [0.15, 0.2) is 0 Å². The molecule has 0 radical (unpaired) electrons. The van der Waals surface area contributed by atoms with E-state index in [0.717, 1.165) is 35.4 Å². The van der Waals surface area contributed by atoms with Crippen molar-refractivity contribution in [1.29, 1.82) is 0 Å². The Balaban J connectivity index is 1.68. The average molecular weight is 459 g/mol. The van der Waals surface area contributed by atoms with Crippen LogP contribution in [0.4, 0.5) is 5.82 Å². The van der Waals surface area contributed by atoms with E-state index in [9.17, 15) is 5.11 Å². The molecule has 0 aliphatic heterocycles. The second-order valence-electron chi connectivity index (χ2n) is 6.92. The molecule has 2 unspecified atom stereocenters. The fourth-order valence-electron chi connectivity index (χ4n) is 3.27. The Morgan fingerprint density at radius 3 is 3.10 bits per heavy atom. The summed E-state index contributed by atoms with van der Waals surface area (Å²) in [5.41, 5.74) is 2.46. The molecule has 3 aromatic rings. The molecule has 9 nitrogen and oxygen atoms in total. The molecule has 0 spiro atoms. The predicted molar refractivity (Wildman–Crippen MR) is 118 cm³/mol. The van der Waals surface area contributed by atoms with Crippen LogP contribution in [0.1, 0.15) is 41.9 Å². The van der Waals surface area contributed by atoms with Gasteiger partial charge in [0.05, 0.1) is 0 Å². The number of aliphatic hydroxyl groups excluding tert-OH is 3. The van der Waals surface area contributed by atoms with Gasteiger partial charge in [-0.25, -0.2) is 0 Å². The van der Waals surface area contributed by atoms with E-state index in [-0.39, 0.29) is 19.3 Å². The molecule has 31 heavy (non-hydrogen) atoms. The fourth-order valence-corrected chi connectivity index (χ4v) is 4.69. The number of aliphatic hydroxyl groups is 3. The van der Waals surface area contributed by atoms with Crippen molar-refractivity contribution >= 4 is 34.9 Å². The van der Waals surface area contributed by atoms with Gasteiger partial charge < -0.3 is 0 Å². The number of hydrogen-bond acceptors (Lipinski definition) is 10. The Hall–Kier alpha value is -2.12. The summed E-state index contributed by atoms with van der Waals surface area (Å²) in [6.07, 6.45) is 8.29. The molecule has 0 fully saturated rings. The third-order valence-corrected chi connectivity index (χ3v) is 6.51. The molecule has 3 aromatic heterocycles. The molecule has 0 saturated heterocycles.